The van der Waals surface area contributed by atoms with Crippen molar-refractivity contribution in [3.63, 3.8) is 0 Å². The van der Waals surface area contributed by atoms with Crippen molar-refractivity contribution in [1.29, 1.82) is 0 Å². The van der Waals surface area contributed by atoms with Crippen molar-refractivity contribution in [2.24, 2.45) is 0 Å². The second-order valence-electron chi connectivity index (χ2n) is 4.10. The molecular weight excluding hydrogens is 237 g/mol. The number of anilines is 1. The predicted octanol–water partition coefficient (Wildman–Crippen LogP) is 2.85. The number of rotatable bonds is 6. The standard InChI is InChI=1S/C13H16FNO3/c1-9(14)3-2-4-12(16)15-11-7-5-10(6-8-11)13(17)18/h5-9H,2-4H2,1H3,(H,15,16)(H,17,18). The van der Waals surface area contributed by atoms with Crippen LogP contribution in [-0.4, -0.2) is 23.2 Å². The lowest BCUT2D eigenvalue weighted by Crippen LogP contribution is -2.11. The van der Waals surface area contributed by atoms with Gasteiger partial charge < -0.3 is 10.4 Å². The lowest BCUT2D eigenvalue weighted by Gasteiger charge is -2.05. The number of carbonyl (C=O) groups excluding carboxylic acids is 1. The second-order valence-corrected chi connectivity index (χ2v) is 4.10. The highest BCUT2D eigenvalue weighted by atomic mass is 19.1. The van der Waals surface area contributed by atoms with Crippen molar-refractivity contribution >= 4 is 17.6 Å². The molecule has 0 spiro atoms. The maximum absolute atomic E-state index is 12.5. The summed E-state index contributed by atoms with van der Waals surface area (Å²) in [6, 6.07) is 5.89. The van der Waals surface area contributed by atoms with Crippen molar-refractivity contribution in [1.82, 2.24) is 0 Å². The molecule has 2 N–H and O–H groups in total. The lowest BCUT2D eigenvalue weighted by atomic mass is 10.1. The van der Waals surface area contributed by atoms with Crippen LogP contribution in [-0.2, 0) is 4.79 Å². The molecule has 4 nitrogen and oxygen atoms in total. The molecule has 98 valence electrons. The molecule has 0 aliphatic rings. The van der Waals surface area contributed by atoms with E-state index < -0.39 is 12.1 Å². The van der Waals surface area contributed by atoms with Crippen LogP contribution >= 0.6 is 0 Å². The molecular formula is C13H16FNO3. The number of nitrogens with one attached hydrogen (secondary N) is 1. The van der Waals surface area contributed by atoms with E-state index in [2.05, 4.69) is 5.32 Å². The van der Waals surface area contributed by atoms with Crippen molar-refractivity contribution in [2.45, 2.75) is 32.4 Å². The van der Waals surface area contributed by atoms with Crippen molar-refractivity contribution in [3.8, 4) is 0 Å². The Bertz CT molecular complexity index is 415. The molecule has 0 saturated carbocycles. The molecule has 0 aliphatic heterocycles. The number of amides is 1. The van der Waals surface area contributed by atoms with Crippen LogP contribution in [0.4, 0.5) is 10.1 Å². The van der Waals surface area contributed by atoms with Crippen LogP contribution in [0.2, 0.25) is 0 Å². The SMILES string of the molecule is CC(F)CCCC(=O)Nc1ccc(C(=O)O)cc1. The van der Waals surface area contributed by atoms with E-state index in [9.17, 15) is 14.0 Å². The molecule has 18 heavy (non-hydrogen) atoms. The van der Waals surface area contributed by atoms with Crippen molar-refractivity contribution in [2.75, 3.05) is 5.32 Å². The molecule has 1 amide bonds. The Labute approximate surface area is 105 Å². The van der Waals surface area contributed by atoms with Gasteiger partial charge in [0.25, 0.3) is 0 Å². The first-order valence-corrected chi connectivity index (χ1v) is 5.76. The Hall–Kier alpha value is -1.91. The Kier molecular flexibility index (Phi) is 5.30. The number of carbonyl (C=O) groups is 2. The minimum absolute atomic E-state index is 0.166. The number of aromatic carboxylic acids is 1. The first kappa shape index (κ1) is 14.2. The van der Waals surface area contributed by atoms with Crippen LogP contribution in [0.5, 0.6) is 0 Å². The van der Waals surface area contributed by atoms with E-state index in [1.165, 1.54) is 31.2 Å². The molecule has 1 atom stereocenters. The molecule has 1 rings (SSSR count). The normalized spacial score (nSPS) is 11.9. The topological polar surface area (TPSA) is 66.4 Å². The summed E-state index contributed by atoms with van der Waals surface area (Å²) < 4.78 is 12.5. The molecule has 1 aromatic carbocycles. The Balaban J connectivity index is 2.42. The fraction of sp³-hybridized carbons (Fsp3) is 0.385. The Morgan fingerprint density at radius 2 is 1.94 bits per heavy atom. The summed E-state index contributed by atoms with van der Waals surface area (Å²) in [5, 5.41) is 11.3. The minimum Gasteiger partial charge on any atom is -0.478 e. The van der Waals surface area contributed by atoms with E-state index in [1.54, 1.807) is 0 Å². The maximum atomic E-state index is 12.5. The third kappa shape index (κ3) is 4.95. The summed E-state index contributed by atoms with van der Waals surface area (Å²) in [6.45, 7) is 1.46. The highest BCUT2D eigenvalue weighted by molar-refractivity contribution is 5.92. The summed E-state index contributed by atoms with van der Waals surface area (Å²) in [6.07, 6.45) is 0.226. The molecule has 0 heterocycles. The fourth-order valence-corrected chi connectivity index (χ4v) is 1.46. The molecule has 0 fully saturated rings. The number of benzene rings is 1. The summed E-state index contributed by atoms with van der Waals surface area (Å²) in [7, 11) is 0. The minimum atomic E-state index is -1.01. The molecule has 5 heteroatoms. The van der Waals surface area contributed by atoms with E-state index in [1.807, 2.05) is 0 Å². The van der Waals surface area contributed by atoms with Gasteiger partial charge in [0.2, 0.25) is 5.91 Å². The Morgan fingerprint density at radius 1 is 1.33 bits per heavy atom. The van der Waals surface area contributed by atoms with Gasteiger partial charge in [-0.25, -0.2) is 9.18 Å². The largest absolute Gasteiger partial charge is 0.478 e. The molecule has 0 aromatic heterocycles. The predicted molar refractivity (Wildman–Crippen MR) is 66.5 cm³/mol. The number of alkyl halides is 1. The smallest absolute Gasteiger partial charge is 0.335 e. The number of hydrogen-bond acceptors (Lipinski definition) is 2. The zero-order valence-electron chi connectivity index (χ0n) is 10.1. The second kappa shape index (κ2) is 6.74. The maximum Gasteiger partial charge on any atom is 0.335 e. The number of carboxylic acid groups (broad SMARTS) is 1. The summed E-state index contributed by atoms with van der Waals surface area (Å²) in [5.41, 5.74) is 0.706. The zero-order valence-corrected chi connectivity index (χ0v) is 10.1. The van der Waals surface area contributed by atoms with Gasteiger partial charge in [0.15, 0.2) is 0 Å². The average molecular weight is 253 g/mol. The van der Waals surface area contributed by atoms with Gasteiger partial charge in [-0.15, -0.1) is 0 Å². The van der Waals surface area contributed by atoms with E-state index >= 15 is 0 Å². The molecule has 1 unspecified atom stereocenters. The first-order valence-electron chi connectivity index (χ1n) is 5.76. The van der Waals surface area contributed by atoms with Crippen molar-refractivity contribution in [3.05, 3.63) is 29.8 Å². The highest BCUT2D eigenvalue weighted by Gasteiger charge is 2.06. The van der Waals surface area contributed by atoms with Crippen LogP contribution in [0.25, 0.3) is 0 Å². The van der Waals surface area contributed by atoms with Gasteiger partial charge in [0.05, 0.1) is 11.7 Å². The van der Waals surface area contributed by atoms with Crippen LogP contribution in [0, 0.1) is 0 Å². The van der Waals surface area contributed by atoms with E-state index in [0.29, 0.717) is 18.5 Å². The summed E-state index contributed by atoms with van der Waals surface area (Å²) in [4.78, 5) is 22.1. The molecule has 0 aliphatic carbocycles. The van der Waals surface area contributed by atoms with Crippen LogP contribution < -0.4 is 5.32 Å². The third-order valence-corrected chi connectivity index (χ3v) is 2.42. The summed E-state index contributed by atoms with van der Waals surface area (Å²) >= 11 is 0. The fourth-order valence-electron chi connectivity index (χ4n) is 1.46. The van der Waals surface area contributed by atoms with E-state index in [4.69, 9.17) is 5.11 Å². The van der Waals surface area contributed by atoms with Gasteiger partial charge >= 0.3 is 5.97 Å². The van der Waals surface area contributed by atoms with Gasteiger partial charge in [0, 0.05) is 12.1 Å². The quantitative estimate of drug-likeness (QED) is 0.819. The zero-order chi connectivity index (χ0) is 13.5. The van der Waals surface area contributed by atoms with Gasteiger partial charge in [-0.2, -0.15) is 0 Å². The molecule has 0 radical (unpaired) electrons. The van der Waals surface area contributed by atoms with Gasteiger partial charge in [-0.3, -0.25) is 4.79 Å². The monoisotopic (exact) mass is 253 g/mol. The Morgan fingerprint density at radius 3 is 2.44 bits per heavy atom. The van der Waals surface area contributed by atoms with Gasteiger partial charge in [-0.05, 0) is 44.0 Å². The third-order valence-electron chi connectivity index (χ3n) is 2.42. The highest BCUT2D eigenvalue weighted by Crippen LogP contribution is 2.11. The number of hydrogen-bond donors (Lipinski definition) is 2. The number of halogens is 1. The average Bonchev–Trinajstić information content (AvgIpc) is 2.29. The lowest BCUT2D eigenvalue weighted by molar-refractivity contribution is -0.116. The first-order chi connectivity index (χ1) is 8.49. The van der Waals surface area contributed by atoms with Crippen LogP contribution in [0.15, 0.2) is 24.3 Å². The summed E-state index contributed by atoms with van der Waals surface area (Å²) in [5.74, 6) is -1.21. The number of carboxylic acids is 1. The van der Waals surface area contributed by atoms with Gasteiger partial charge in [0.1, 0.15) is 0 Å². The molecule has 0 saturated heterocycles. The molecule has 1 aromatic rings. The molecule has 0 bridgehead atoms. The van der Waals surface area contributed by atoms with Crippen LogP contribution in [0.3, 0.4) is 0 Å². The van der Waals surface area contributed by atoms with E-state index in [-0.39, 0.29) is 17.9 Å². The van der Waals surface area contributed by atoms with Gasteiger partial charge in [-0.1, -0.05) is 0 Å². The van der Waals surface area contributed by atoms with Crippen LogP contribution in [0.1, 0.15) is 36.5 Å². The van der Waals surface area contributed by atoms with Crippen molar-refractivity contribution < 1.29 is 19.1 Å². The van der Waals surface area contributed by atoms with E-state index in [0.717, 1.165) is 0 Å².